The summed E-state index contributed by atoms with van der Waals surface area (Å²) in [5.74, 6) is 0.0823. The van der Waals surface area contributed by atoms with Crippen molar-refractivity contribution in [2.24, 2.45) is 11.1 Å². The first-order valence-corrected chi connectivity index (χ1v) is 8.01. The van der Waals surface area contributed by atoms with Gasteiger partial charge in [-0.2, -0.15) is 0 Å². The Bertz CT molecular complexity index is 692. The number of nitrogens with two attached hydrogens (primary N) is 1. The fraction of sp³-hybridized carbons (Fsp3) is 0.316. The molecule has 0 bridgehead atoms. The van der Waals surface area contributed by atoms with Gasteiger partial charge in [0.15, 0.2) is 0 Å². The van der Waals surface area contributed by atoms with Crippen LogP contribution in [0.15, 0.2) is 54.6 Å². The normalized spacial score (nSPS) is 19.7. The van der Waals surface area contributed by atoms with Gasteiger partial charge in [0.05, 0.1) is 0 Å². The molecule has 2 aromatic rings. The predicted octanol–water partition coefficient (Wildman–Crippen LogP) is 3.66. The lowest BCUT2D eigenvalue weighted by Gasteiger charge is -2.22. The number of nitrogens with one attached hydrogen (secondary N) is 1. The molecule has 3 rings (SSSR count). The summed E-state index contributed by atoms with van der Waals surface area (Å²) in [7, 11) is 0. The van der Waals surface area contributed by atoms with Crippen LogP contribution in [0.2, 0.25) is 0 Å². The average Bonchev–Trinajstić information content (AvgIpc) is 2.98. The third-order valence-corrected chi connectivity index (χ3v) is 4.51. The third-order valence-electron chi connectivity index (χ3n) is 4.51. The Hall–Kier alpha value is -2.04. The average molecular weight is 346 g/mol. The van der Waals surface area contributed by atoms with Crippen molar-refractivity contribution in [1.82, 2.24) is 4.90 Å². The molecule has 1 amide bonds. The largest absolute Gasteiger partial charge is 0.356 e. The van der Waals surface area contributed by atoms with E-state index in [0.717, 1.165) is 30.9 Å². The van der Waals surface area contributed by atoms with Crippen LogP contribution in [0, 0.1) is 5.41 Å². The smallest absolute Gasteiger partial charge is 0.253 e. The fourth-order valence-electron chi connectivity index (χ4n) is 2.96. The Balaban J connectivity index is 0.00000208. The van der Waals surface area contributed by atoms with Crippen molar-refractivity contribution in [1.29, 1.82) is 0 Å². The van der Waals surface area contributed by atoms with Crippen molar-refractivity contribution in [2.75, 3.05) is 25.0 Å². The monoisotopic (exact) mass is 345 g/mol. The number of benzene rings is 2. The number of amides is 1. The van der Waals surface area contributed by atoms with Crippen LogP contribution in [0.1, 0.15) is 23.7 Å². The minimum Gasteiger partial charge on any atom is -0.356 e. The first-order valence-electron chi connectivity index (χ1n) is 8.01. The van der Waals surface area contributed by atoms with Crippen molar-refractivity contribution in [3.8, 4) is 0 Å². The number of hydrogen-bond donors (Lipinski definition) is 2. The predicted molar refractivity (Wildman–Crippen MR) is 101 cm³/mol. The Morgan fingerprint density at radius 2 is 1.88 bits per heavy atom. The number of hydrogen-bond acceptors (Lipinski definition) is 3. The Morgan fingerprint density at radius 3 is 2.54 bits per heavy atom. The van der Waals surface area contributed by atoms with Crippen LogP contribution >= 0.6 is 12.4 Å². The summed E-state index contributed by atoms with van der Waals surface area (Å²) in [6.07, 6.45) is 0.969. The van der Waals surface area contributed by atoms with E-state index in [1.165, 1.54) is 0 Å². The molecule has 4 nitrogen and oxygen atoms in total. The molecule has 1 fully saturated rings. The molecular formula is C19H24ClN3O. The van der Waals surface area contributed by atoms with Crippen LogP contribution in [0.5, 0.6) is 0 Å². The van der Waals surface area contributed by atoms with Gasteiger partial charge >= 0.3 is 0 Å². The van der Waals surface area contributed by atoms with E-state index in [1.54, 1.807) is 0 Å². The summed E-state index contributed by atoms with van der Waals surface area (Å²) < 4.78 is 0. The van der Waals surface area contributed by atoms with Gasteiger partial charge in [0.25, 0.3) is 5.91 Å². The molecule has 1 atom stereocenters. The van der Waals surface area contributed by atoms with Crippen LogP contribution < -0.4 is 11.1 Å². The molecule has 1 heterocycles. The van der Waals surface area contributed by atoms with Crippen LogP contribution in [0.4, 0.5) is 11.4 Å². The standard InChI is InChI=1S/C19H23N3O.ClH/c1-19(13-20)10-11-22(14-19)18(23)15-6-5-9-17(12-15)21-16-7-3-2-4-8-16;/h2-9,12,21H,10-11,13-14,20H2,1H3;1H. The molecule has 1 saturated heterocycles. The topological polar surface area (TPSA) is 58.4 Å². The van der Waals surface area contributed by atoms with Crippen molar-refractivity contribution >= 4 is 29.7 Å². The minimum absolute atomic E-state index is 0. The number of para-hydroxylation sites is 1. The zero-order valence-corrected chi connectivity index (χ0v) is 14.7. The molecule has 1 aliphatic heterocycles. The highest BCUT2D eigenvalue weighted by Crippen LogP contribution is 2.30. The molecule has 2 aromatic carbocycles. The van der Waals surface area contributed by atoms with Crippen molar-refractivity contribution < 1.29 is 4.79 Å². The second kappa shape index (κ2) is 7.69. The van der Waals surface area contributed by atoms with Gasteiger partial charge in [-0.25, -0.2) is 0 Å². The van der Waals surface area contributed by atoms with Crippen molar-refractivity contribution in [2.45, 2.75) is 13.3 Å². The van der Waals surface area contributed by atoms with E-state index in [-0.39, 0.29) is 23.7 Å². The highest BCUT2D eigenvalue weighted by Gasteiger charge is 2.35. The van der Waals surface area contributed by atoms with Crippen LogP contribution in [0.25, 0.3) is 0 Å². The molecular weight excluding hydrogens is 322 g/mol. The van der Waals surface area contributed by atoms with E-state index in [9.17, 15) is 4.79 Å². The van der Waals surface area contributed by atoms with Crippen LogP contribution in [-0.4, -0.2) is 30.4 Å². The lowest BCUT2D eigenvalue weighted by molar-refractivity contribution is 0.0777. The van der Waals surface area contributed by atoms with Gasteiger partial charge in [-0.05, 0) is 48.7 Å². The molecule has 0 radical (unpaired) electrons. The number of carbonyl (C=O) groups is 1. The lowest BCUT2D eigenvalue weighted by atomic mass is 9.90. The highest BCUT2D eigenvalue weighted by atomic mass is 35.5. The number of nitrogens with zero attached hydrogens (tertiary/aromatic N) is 1. The van der Waals surface area contributed by atoms with Gasteiger partial charge in [-0.1, -0.05) is 31.2 Å². The Labute approximate surface area is 149 Å². The van der Waals surface area contributed by atoms with Crippen LogP contribution in [0.3, 0.4) is 0 Å². The zero-order valence-electron chi connectivity index (χ0n) is 13.9. The van der Waals surface area contributed by atoms with E-state index >= 15 is 0 Å². The molecule has 0 aliphatic carbocycles. The highest BCUT2D eigenvalue weighted by molar-refractivity contribution is 5.95. The molecule has 5 heteroatoms. The number of anilines is 2. The molecule has 128 valence electrons. The zero-order chi connectivity index (χ0) is 16.3. The quantitative estimate of drug-likeness (QED) is 0.889. The summed E-state index contributed by atoms with van der Waals surface area (Å²) in [6.45, 7) is 4.28. The Kier molecular flexibility index (Phi) is 5.86. The van der Waals surface area contributed by atoms with Crippen molar-refractivity contribution in [3.05, 3.63) is 60.2 Å². The maximum atomic E-state index is 12.7. The van der Waals surface area contributed by atoms with Gasteiger partial charge in [-0.15, -0.1) is 12.4 Å². The molecule has 24 heavy (non-hydrogen) atoms. The summed E-state index contributed by atoms with van der Waals surface area (Å²) in [4.78, 5) is 14.6. The first kappa shape index (κ1) is 18.3. The van der Waals surface area contributed by atoms with Gasteiger partial charge < -0.3 is 16.0 Å². The summed E-state index contributed by atoms with van der Waals surface area (Å²) in [5, 5.41) is 3.33. The van der Waals surface area contributed by atoms with Gasteiger partial charge in [-0.3, -0.25) is 4.79 Å². The second-order valence-corrected chi connectivity index (χ2v) is 6.56. The maximum Gasteiger partial charge on any atom is 0.253 e. The van der Waals surface area contributed by atoms with E-state index in [4.69, 9.17) is 5.73 Å². The molecule has 0 spiro atoms. The minimum atomic E-state index is 0. The molecule has 1 aliphatic rings. The van der Waals surface area contributed by atoms with Crippen LogP contribution in [-0.2, 0) is 0 Å². The number of halogens is 1. The van der Waals surface area contributed by atoms with Gasteiger partial charge in [0, 0.05) is 30.0 Å². The SMILES string of the molecule is CC1(CN)CCN(C(=O)c2cccc(Nc3ccccc3)c2)C1.Cl. The van der Waals surface area contributed by atoms with Gasteiger partial charge in [0.1, 0.15) is 0 Å². The molecule has 3 N–H and O–H groups in total. The number of carbonyl (C=O) groups excluding carboxylic acids is 1. The van der Waals surface area contributed by atoms with E-state index in [1.807, 2.05) is 59.5 Å². The molecule has 1 unspecified atom stereocenters. The fourth-order valence-corrected chi connectivity index (χ4v) is 2.96. The van der Waals surface area contributed by atoms with E-state index < -0.39 is 0 Å². The second-order valence-electron chi connectivity index (χ2n) is 6.56. The first-order chi connectivity index (χ1) is 11.1. The third kappa shape index (κ3) is 4.08. The van der Waals surface area contributed by atoms with E-state index in [0.29, 0.717) is 12.1 Å². The summed E-state index contributed by atoms with van der Waals surface area (Å²) in [6, 6.07) is 17.6. The lowest BCUT2D eigenvalue weighted by Crippen LogP contribution is -2.34. The number of likely N-dealkylation sites (tertiary alicyclic amines) is 1. The number of rotatable bonds is 4. The summed E-state index contributed by atoms with van der Waals surface area (Å²) in [5.41, 5.74) is 8.52. The van der Waals surface area contributed by atoms with E-state index in [2.05, 4.69) is 12.2 Å². The molecule has 0 aromatic heterocycles. The summed E-state index contributed by atoms with van der Waals surface area (Å²) >= 11 is 0. The Morgan fingerprint density at radius 1 is 1.17 bits per heavy atom. The maximum absolute atomic E-state index is 12.7. The van der Waals surface area contributed by atoms with Crippen molar-refractivity contribution in [3.63, 3.8) is 0 Å². The van der Waals surface area contributed by atoms with Gasteiger partial charge in [0.2, 0.25) is 0 Å². The molecule has 0 saturated carbocycles.